The predicted molar refractivity (Wildman–Crippen MR) is 75.0 cm³/mol. The minimum absolute atomic E-state index is 0.317. The summed E-state index contributed by atoms with van der Waals surface area (Å²) in [5.41, 5.74) is 6.31. The van der Waals surface area contributed by atoms with Crippen LogP contribution in [0, 0.1) is 0 Å². The minimum Gasteiger partial charge on any atom is -0.346 e. The van der Waals surface area contributed by atoms with Crippen molar-refractivity contribution in [3.05, 3.63) is 54.0 Å². The van der Waals surface area contributed by atoms with Gasteiger partial charge in [0.2, 0.25) is 11.4 Å². The van der Waals surface area contributed by atoms with Gasteiger partial charge < -0.3 is 4.98 Å². The smallest absolute Gasteiger partial charge is 0.220 e. The van der Waals surface area contributed by atoms with E-state index in [9.17, 15) is 4.79 Å². The van der Waals surface area contributed by atoms with E-state index in [0.717, 1.165) is 0 Å². The fourth-order valence-electron chi connectivity index (χ4n) is 2.48. The van der Waals surface area contributed by atoms with Crippen LogP contribution >= 0.6 is 0 Å². The van der Waals surface area contributed by atoms with E-state index in [4.69, 9.17) is 5.73 Å². The molecule has 0 radical (unpaired) electrons. The highest BCUT2D eigenvalue weighted by molar-refractivity contribution is 6.07. The van der Waals surface area contributed by atoms with Crippen molar-refractivity contribution >= 4 is 22.6 Å². The Morgan fingerprint density at radius 2 is 2.00 bits per heavy atom. The number of carbonyl (C=O) groups is 1. The van der Waals surface area contributed by atoms with Crippen LogP contribution in [0.2, 0.25) is 0 Å². The Balaban J connectivity index is 1.93. The second-order valence-electron chi connectivity index (χ2n) is 4.78. The van der Waals surface area contributed by atoms with E-state index in [-0.39, 0.29) is 5.78 Å². The van der Waals surface area contributed by atoms with Crippen molar-refractivity contribution in [3.8, 4) is 0 Å². The Labute approximate surface area is 118 Å². The Morgan fingerprint density at radius 3 is 2.81 bits per heavy atom. The highest BCUT2D eigenvalue weighted by atomic mass is 16.1. The van der Waals surface area contributed by atoms with Crippen LogP contribution in [-0.4, -0.2) is 20.7 Å². The lowest BCUT2D eigenvalue weighted by atomic mass is 9.91. The van der Waals surface area contributed by atoms with Crippen molar-refractivity contribution in [1.29, 1.82) is 0 Å². The van der Waals surface area contributed by atoms with Crippen LogP contribution in [0.25, 0.3) is 11.0 Å². The van der Waals surface area contributed by atoms with Gasteiger partial charge in [-0.15, -0.1) is 5.11 Å². The number of ketones is 1. The van der Waals surface area contributed by atoms with Gasteiger partial charge in [0.1, 0.15) is 12.0 Å². The average molecular weight is 278 g/mol. The fourth-order valence-corrected chi connectivity index (χ4v) is 2.48. The molecular formula is C14H10N6O. The molecule has 1 aromatic carbocycles. The SMILES string of the molecule is NC1(C(=O)c2ccccc2)N=Nc2ncnc3[nH]cc1c23. The molecule has 2 aromatic heterocycles. The lowest BCUT2D eigenvalue weighted by molar-refractivity contribution is 0.0887. The van der Waals surface area contributed by atoms with Crippen LogP contribution in [0.5, 0.6) is 0 Å². The summed E-state index contributed by atoms with van der Waals surface area (Å²) in [6, 6.07) is 8.79. The summed E-state index contributed by atoms with van der Waals surface area (Å²) in [5, 5.41) is 8.65. The number of rotatable bonds is 2. The van der Waals surface area contributed by atoms with Gasteiger partial charge in [-0.05, 0) is 0 Å². The zero-order valence-corrected chi connectivity index (χ0v) is 10.8. The number of nitrogens with two attached hydrogens (primary N) is 1. The van der Waals surface area contributed by atoms with Crippen LogP contribution in [0.4, 0.5) is 5.82 Å². The number of H-pyrrole nitrogens is 1. The maximum absolute atomic E-state index is 12.7. The van der Waals surface area contributed by atoms with E-state index < -0.39 is 5.66 Å². The Hall–Kier alpha value is -2.93. The number of nitrogens with one attached hydrogen (secondary N) is 1. The molecule has 0 spiro atoms. The molecule has 1 atom stereocenters. The third-order valence-corrected chi connectivity index (χ3v) is 3.55. The third-order valence-electron chi connectivity index (χ3n) is 3.55. The first kappa shape index (κ1) is 11.9. The summed E-state index contributed by atoms with van der Waals surface area (Å²) in [4.78, 5) is 23.9. The van der Waals surface area contributed by atoms with E-state index in [0.29, 0.717) is 28.0 Å². The van der Waals surface area contributed by atoms with Crippen LogP contribution in [0.3, 0.4) is 0 Å². The Morgan fingerprint density at radius 1 is 1.19 bits per heavy atom. The summed E-state index contributed by atoms with van der Waals surface area (Å²) >= 11 is 0. The fraction of sp³-hybridized carbons (Fsp3) is 0.0714. The molecule has 102 valence electrons. The first-order valence-electron chi connectivity index (χ1n) is 6.34. The second-order valence-corrected chi connectivity index (χ2v) is 4.78. The maximum atomic E-state index is 12.7. The monoisotopic (exact) mass is 278 g/mol. The first-order valence-corrected chi connectivity index (χ1v) is 6.34. The molecule has 21 heavy (non-hydrogen) atoms. The van der Waals surface area contributed by atoms with Gasteiger partial charge in [-0.25, -0.2) is 9.97 Å². The van der Waals surface area contributed by atoms with Crippen molar-refractivity contribution in [2.75, 3.05) is 0 Å². The molecule has 0 saturated carbocycles. The van der Waals surface area contributed by atoms with Crippen LogP contribution in [-0.2, 0) is 5.66 Å². The molecule has 1 aliphatic rings. The second kappa shape index (κ2) is 4.03. The largest absolute Gasteiger partial charge is 0.346 e. The predicted octanol–water partition coefficient (Wildman–Crippen LogP) is 2.05. The lowest BCUT2D eigenvalue weighted by Crippen LogP contribution is -2.43. The summed E-state index contributed by atoms with van der Waals surface area (Å²) in [5.74, 6) is 0.0976. The zero-order chi connectivity index (χ0) is 14.4. The number of hydrogen-bond donors (Lipinski definition) is 2. The van der Waals surface area contributed by atoms with E-state index in [1.807, 2.05) is 6.07 Å². The molecule has 0 bridgehead atoms. The maximum Gasteiger partial charge on any atom is 0.220 e. The number of benzene rings is 1. The Kier molecular flexibility index (Phi) is 2.28. The molecule has 3 aromatic rings. The molecule has 3 heterocycles. The Bertz CT molecular complexity index is 885. The molecule has 0 aliphatic carbocycles. The molecular weight excluding hydrogens is 268 g/mol. The molecule has 0 fully saturated rings. The van der Waals surface area contributed by atoms with Gasteiger partial charge in [0.25, 0.3) is 0 Å². The number of Topliss-reactive ketones (excluding diaryl/α,β-unsaturated/α-hetero) is 1. The van der Waals surface area contributed by atoms with Crippen LogP contribution in [0.1, 0.15) is 15.9 Å². The normalized spacial score (nSPS) is 19.9. The van der Waals surface area contributed by atoms with Crippen LogP contribution < -0.4 is 5.73 Å². The van der Waals surface area contributed by atoms with Gasteiger partial charge in [0.05, 0.1) is 5.39 Å². The van der Waals surface area contributed by atoms with Gasteiger partial charge in [-0.2, -0.15) is 5.11 Å². The quantitative estimate of drug-likeness (QED) is 0.699. The number of azo groups is 1. The summed E-state index contributed by atoms with van der Waals surface area (Å²) < 4.78 is 0. The highest BCUT2D eigenvalue weighted by Gasteiger charge is 2.42. The van der Waals surface area contributed by atoms with Gasteiger partial charge in [0, 0.05) is 17.3 Å². The number of nitrogens with zero attached hydrogens (tertiary/aromatic N) is 4. The van der Waals surface area contributed by atoms with Crippen molar-refractivity contribution < 1.29 is 4.79 Å². The van der Waals surface area contributed by atoms with Crippen molar-refractivity contribution in [3.63, 3.8) is 0 Å². The summed E-state index contributed by atoms with van der Waals surface area (Å²) in [6.45, 7) is 0. The van der Waals surface area contributed by atoms with E-state index in [1.54, 1.807) is 30.5 Å². The molecule has 0 amide bonds. The molecule has 1 unspecified atom stereocenters. The van der Waals surface area contributed by atoms with E-state index in [2.05, 4.69) is 25.2 Å². The topological polar surface area (TPSA) is 109 Å². The van der Waals surface area contributed by atoms with Crippen LogP contribution in [0.15, 0.2) is 53.1 Å². The summed E-state index contributed by atoms with van der Waals surface area (Å²) in [6.07, 6.45) is 3.03. The standard InChI is InChI=1S/C14H10N6O/c15-14(11(21)8-4-2-1-3-5-8)9-6-16-12-10(9)13(19-20-14)18-7-17-12/h1-7H,15H2,(H,16,17,18). The van der Waals surface area contributed by atoms with Crippen molar-refractivity contribution in [1.82, 2.24) is 15.0 Å². The van der Waals surface area contributed by atoms with Gasteiger partial charge in [-0.3, -0.25) is 10.5 Å². The third kappa shape index (κ3) is 1.55. The number of aromatic nitrogens is 3. The van der Waals surface area contributed by atoms with Crippen molar-refractivity contribution in [2.45, 2.75) is 5.66 Å². The lowest BCUT2D eigenvalue weighted by Gasteiger charge is -2.24. The average Bonchev–Trinajstić information content (AvgIpc) is 2.98. The van der Waals surface area contributed by atoms with E-state index >= 15 is 0 Å². The zero-order valence-electron chi connectivity index (χ0n) is 10.8. The van der Waals surface area contributed by atoms with Gasteiger partial charge in [-0.1, -0.05) is 30.3 Å². The summed E-state index contributed by atoms with van der Waals surface area (Å²) in [7, 11) is 0. The van der Waals surface area contributed by atoms with Gasteiger partial charge in [0.15, 0.2) is 5.82 Å². The first-order chi connectivity index (χ1) is 10.2. The number of hydrogen-bond acceptors (Lipinski definition) is 6. The molecule has 4 rings (SSSR count). The molecule has 1 aliphatic heterocycles. The van der Waals surface area contributed by atoms with Crippen molar-refractivity contribution in [2.24, 2.45) is 16.0 Å². The molecule has 7 heteroatoms. The molecule has 3 N–H and O–H groups in total. The van der Waals surface area contributed by atoms with Gasteiger partial charge >= 0.3 is 0 Å². The molecule has 0 saturated heterocycles. The number of aromatic amines is 1. The molecule has 7 nitrogen and oxygen atoms in total. The number of carbonyl (C=O) groups excluding carboxylic acids is 1. The minimum atomic E-state index is -1.56. The van der Waals surface area contributed by atoms with E-state index in [1.165, 1.54) is 6.33 Å². The highest BCUT2D eigenvalue weighted by Crippen LogP contribution is 2.39.